The summed E-state index contributed by atoms with van der Waals surface area (Å²) < 4.78 is 10.9. The number of rotatable bonds is 12. The van der Waals surface area contributed by atoms with Gasteiger partial charge in [0.05, 0.1) is 6.54 Å². The Bertz CT molecular complexity index is 1290. The summed E-state index contributed by atoms with van der Waals surface area (Å²) in [6.45, 7) is 16.0. The molecule has 5 N–H and O–H groups in total. The third-order valence-electron chi connectivity index (χ3n) is 5.58. The molecule has 43 heavy (non-hydrogen) atoms. The van der Waals surface area contributed by atoms with Crippen LogP contribution in [0.2, 0.25) is 15.1 Å². The summed E-state index contributed by atoms with van der Waals surface area (Å²) in [5, 5.41) is 17.4. The van der Waals surface area contributed by atoms with E-state index in [-0.39, 0.29) is 19.1 Å². The van der Waals surface area contributed by atoms with Crippen LogP contribution in [-0.4, -0.2) is 37.1 Å². The van der Waals surface area contributed by atoms with E-state index >= 15 is 0 Å². The van der Waals surface area contributed by atoms with Gasteiger partial charge in [-0.1, -0.05) is 67.0 Å². The van der Waals surface area contributed by atoms with Crippen molar-refractivity contribution < 1.29 is 19.4 Å². The van der Waals surface area contributed by atoms with Gasteiger partial charge in [0.25, 0.3) is 5.91 Å². The Hall–Kier alpha value is -3.20. The van der Waals surface area contributed by atoms with Crippen LogP contribution in [0.3, 0.4) is 0 Å². The van der Waals surface area contributed by atoms with Crippen LogP contribution in [0, 0.1) is 13.8 Å². The first kappa shape index (κ1) is 37.8. The standard InChI is InChI=1S/C23H29ClN2O4.C8H8Cl2.C2H5N/c1-5-29-22(27)13-25-17(4)14-30-21-10-15(2)6-7-18(21)12-26-23(28)19-8-16(3)9-20(24)11-19;1-2-6-3-7(9)5-8(10)4-6;1-2-3/h6-11,22,25,27H,4-5,12-14H2,1-3H3,(H,26,28);3-5H,2H2,1H3;2H,1,3H2. The van der Waals surface area contributed by atoms with Crippen molar-refractivity contribution in [2.75, 3.05) is 19.8 Å². The van der Waals surface area contributed by atoms with E-state index in [2.05, 4.69) is 36.4 Å². The first-order valence-electron chi connectivity index (χ1n) is 13.7. The molecule has 3 rings (SSSR count). The van der Waals surface area contributed by atoms with Crippen molar-refractivity contribution in [3.63, 3.8) is 0 Å². The fraction of sp³-hybridized carbons (Fsp3) is 0.303. The normalized spacial score (nSPS) is 10.7. The molecule has 10 heteroatoms. The van der Waals surface area contributed by atoms with Crippen molar-refractivity contribution >= 4 is 40.7 Å². The van der Waals surface area contributed by atoms with Gasteiger partial charge in [0, 0.05) is 45.0 Å². The van der Waals surface area contributed by atoms with Gasteiger partial charge in [-0.15, -0.1) is 0 Å². The van der Waals surface area contributed by atoms with Crippen LogP contribution in [0.5, 0.6) is 5.75 Å². The Kier molecular flexibility index (Phi) is 18.2. The van der Waals surface area contributed by atoms with E-state index in [9.17, 15) is 9.90 Å². The smallest absolute Gasteiger partial charge is 0.251 e. The van der Waals surface area contributed by atoms with Gasteiger partial charge in [-0.3, -0.25) is 4.79 Å². The average Bonchev–Trinajstić information content (AvgIpc) is 2.94. The van der Waals surface area contributed by atoms with E-state index in [1.54, 1.807) is 24.3 Å². The predicted octanol–water partition coefficient (Wildman–Crippen LogP) is 7.37. The molecule has 0 bridgehead atoms. The number of benzene rings is 3. The molecule has 0 aliphatic carbocycles. The Labute approximate surface area is 270 Å². The van der Waals surface area contributed by atoms with E-state index < -0.39 is 6.29 Å². The quantitative estimate of drug-likeness (QED) is 0.153. The molecule has 1 unspecified atom stereocenters. The number of halogens is 3. The van der Waals surface area contributed by atoms with Crippen molar-refractivity contribution in [2.24, 2.45) is 5.73 Å². The second kappa shape index (κ2) is 20.7. The Balaban J connectivity index is 0.000000589. The molecule has 0 aromatic heterocycles. The van der Waals surface area contributed by atoms with Crippen LogP contribution >= 0.6 is 34.8 Å². The largest absolute Gasteiger partial charge is 0.487 e. The third-order valence-corrected chi connectivity index (χ3v) is 6.24. The molecule has 7 nitrogen and oxygen atoms in total. The average molecular weight is 651 g/mol. The molecule has 0 heterocycles. The molecular formula is C33H42Cl3N3O4. The Morgan fingerprint density at radius 1 is 0.977 bits per heavy atom. The Morgan fingerprint density at radius 2 is 1.60 bits per heavy atom. The van der Waals surface area contributed by atoms with E-state index in [0.717, 1.165) is 23.1 Å². The highest BCUT2D eigenvalue weighted by Crippen LogP contribution is 2.22. The fourth-order valence-corrected chi connectivity index (χ4v) is 4.46. The van der Waals surface area contributed by atoms with E-state index in [4.69, 9.17) is 44.3 Å². The van der Waals surface area contributed by atoms with E-state index in [1.165, 1.54) is 11.8 Å². The second-order valence-corrected chi connectivity index (χ2v) is 10.7. The predicted molar refractivity (Wildman–Crippen MR) is 179 cm³/mol. The SMILES string of the molecule is C=C(COc1cc(C)ccc1CNC(=O)c1cc(C)cc(Cl)c1)NCC(O)OCC.C=CN.CCc1cc(Cl)cc(Cl)c1. The van der Waals surface area contributed by atoms with Crippen LogP contribution in [0.25, 0.3) is 0 Å². The van der Waals surface area contributed by atoms with Gasteiger partial charge < -0.3 is 30.9 Å². The first-order chi connectivity index (χ1) is 20.4. The number of nitrogens with two attached hydrogens (primary N) is 1. The zero-order chi connectivity index (χ0) is 32.4. The highest BCUT2D eigenvalue weighted by Gasteiger charge is 2.11. The third kappa shape index (κ3) is 15.7. The summed E-state index contributed by atoms with van der Waals surface area (Å²) in [5.74, 6) is 0.453. The molecule has 234 valence electrons. The van der Waals surface area contributed by atoms with Crippen molar-refractivity contribution in [1.82, 2.24) is 10.6 Å². The van der Waals surface area contributed by atoms with Crippen LogP contribution in [0.4, 0.5) is 0 Å². The number of nitrogens with one attached hydrogen (secondary N) is 2. The highest BCUT2D eigenvalue weighted by molar-refractivity contribution is 6.34. The van der Waals surface area contributed by atoms with Gasteiger partial charge in [0.1, 0.15) is 12.4 Å². The van der Waals surface area contributed by atoms with E-state index in [1.807, 2.05) is 51.1 Å². The molecule has 3 aromatic carbocycles. The zero-order valence-electron chi connectivity index (χ0n) is 25.2. The first-order valence-corrected chi connectivity index (χ1v) is 14.8. The second-order valence-electron chi connectivity index (χ2n) is 9.36. The number of aliphatic hydroxyl groups excluding tert-OH is 1. The zero-order valence-corrected chi connectivity index (χ0v) is 27.5. The molecule has 1 atom stereocenters. The lowest BCUT2D eigenvalue weighted by atomic mass is 10.1. The van der Waals surface area contributed by atoms with E-state index in [0.29, 0.717) is 45.2 Å². The maximum absolute atomic E-state index is 12.5. The highest BCUT2D eigenvalue weighted by atomic mass is 35.5. The van der Waals surface area contributed by atoms with Crippen molar-refractivity contribution in [3.8, 4) is 5.75 Å². The molecule has 3 aromatic rings. The minimum absolute atomic E-state index is 0.205. The van der Waals surface area contributed by atoms with Crippen molar-refractivity contribution in [2.45, 2.75) is 47.0 Å². The van der Waals surface area contributed by atoms with Gasteiger partial charge in [0.15, 0.2) is 6.29 Å². The number of amides is 1. The van der Waals surface area contributed by atoms with Crippen LogP contribution in [-0.2, 0) is 17.7 Å². The molecule has 0 spiro atoms. The molecule has 1 amide bonds. The summed E-state index contributed by atoms with van der Waals surface area (Å²) in [5.41, 5.74) is 9.72. The molecule has 0 aliphatic rings. The van der Waals surface area contributed by atoms with Gasteiger partial charge in [-0.05, 0) is 92.5 Å². The molecule has 0 radical (unpaired) electrons. The monoisotopic (exact) mass is 649 g/mol. The number of hydrogen-bond donors (Lipinski definition) is 4. The molecule has 0 saturated heterocycles. The molecular weight excluding hydrogens is 609 g/mol. The molecule has 0 saturated carbocycles. The number of carbonyl (C=O) groups is 1. The summed E-state index contributed by atoms with van der Waals surface area (Å²) in [4.78, 5) is 12.5. The minimum Gasteiger partial charge on any atom is -0.487 e. The maximum Gasteiger partial charge on any atom is 0.251 e. The number of aliphatic hydroxyl groups is 1. The van der Waals surface area contributed by atoms with Crippen molar-refractivity contribution in [3.05, 3.63) is 123 Å². The number of carbonyl (C=O) groups excluding carboxylic acids is 1. The van der Waals surface area contributed by atoms with Gasteiger partial charge in [-0.25, -0.2) is 0 Å². The molecule has 0 aliphatic heterocycles. The fourth-order valence-electron chi connectivity index (χ4n) is 3.60. The number of ether oxygens (including phenoxy) is 2. The topological polar surface area (TPSA) is 106 Å². The van der Waals surface area contributed by atoms with Crippen LogP contribution in [0.1, 0.15) is 46.5 Å². The van der Waals surface area contributed by atoms with Gasteiger partial charge in [0.2, 0.25) is 0 Å². The Morgan fingerprint density at radius 3 is 2.19 bits per heavy atom. The summed E-state index contributed by atoms with van der Waals surface area (Å²) in [6.07, 6.45) is 1.33. The summed E-state index contributed by atoms with van der Waals surface area (Å²) in [6, 6.07) is 16.6. The lowest BCUT2D eigenvalue weighted by molar-refractivity contribution is -0.0903. The number of hydrogen-bond acceptors (Lipinski definition) is 6. The lowest BCUT2D eigenvalue weighted by Gasteiger charge is -2.17. The lowest BCUT2D eigenvalue weighted by Crippen LogP contribution is -2.30. The summed E-state index contributed by atoms with van der Waals surface area (Å²) >= 11 is 17.5. The van der Waals surface area contributed by atoms with Gasteiger partial charge >= 0.3 is 0 Å². The van der Waals surface area contributed by atoms with Crippen LogP contribution < -0.4 is 21.1 Å². The maximum atomic E-state index is 12.5. The molecule has 0 fully saturated rings. The number of aryl methyl sites for hydroxylation is 3. The minimum atomic E-state index is -0.897. The van der Waals surface area contributed by atoms with Crippen molar-refractivity contribution in [1.29, 1.82) is 0 Å². The summed E-state index contributed by atoms with van der Waals surface area (Å²) in [7, 11) is 0. The van der Waals surface area contributed by atoms with Gasteiger partial charge in [-0.2, -0.15) is 0 Å². The van der Waals surface area contributed by atoms with Crippen LogP contribution in [0.15, 0.2) is 79.7 Å².